The zero-order valence-corrected chi connectivity index (χ0v) is 16.1. The van der Waals surface area contributed by atoms with Gasteiger partial charge in [-0.2, -0.15) is 0 Å². The van der Waals surface area contributed by atoms with Gasteiger partial charge in [0.05, 0.1) is 19.2 Å². The molecule has 3 aliphatic rings. The first-order valence-electron chi connectivity index (χ1n) is 8.56. The van der Waals surface area contributed by atoms with Gasteiger partial charge in [0.25, 0.3) is 5.91 Å². The van der Waals surface area contributed by atoms with Crippen molar-refractivity contribution in [3.63, 3.8) is 0 Å². The van der Waals surface area contributed by atoms with Crippen molar-refractivity contribution in [3.8, 4) is 11.5 Å². The van der Waals surface area contributed by atoms with Crippen LogP contribution in [0, 0.1) is 0 Å². The number of halogens is 2. The van der Waals surface area contributed by atoms with Gasteiger partial charge in [-0.3, -0.25) is 9.59 Å². The second kappa shape index (κ2) is 8.43. The number of rotatable bonds is 2. The van der Waals surface area contributed by atoms with Crippen LogP contribution >= 0.6 is 0 Å². The normalized spacial score (nSPS) is 27.6. The first-order chi connectivity index (χ1) is 11.6. The number of fused-ring (bicyclic) bond motifs is 1. The number of hydrogen-bond acceptors (Lipinski definition) is 4. The first-order valence-corrected chi connectivity index (χ1v) is 8.56. The van der Waals surface area contributed by atoms with Gasteiger partial charge in [0.2, 0.25) is 5.91 Å². The standard InChI is InChI=1S/C17H21N3O4.2ClH/c1-18-4-6-19(7-5-18)13-11-16(21)20(17(13)22)12-2-3-14-15(10-12)24-9-8-23-14;;/h2-3,10,13H,4-9,11H2,1H3;2*1H. The lowest BCUT2D eigenvalue weighted by molar-refractivity contribution is -1.01. The highest BCUT2D eigenvalue weighted by Crippen LogP contribution is 2.35. The maximum Gasteiger partial charge on any atom is 0.292 e. The number of amides is 2. The summed E-state index contributed by atoms with van der Waals surface area (Å²) in [5.41, 5.74) is 0.580. The molecule has 26 heavy (non-hydrogen) atoms. The van der Waals surface area contributed by atoms with Crippen LogP contribution < -0.4 is 49.0 Å². The summed E-state index contributed by atoms with van der Waals surface area (Å²) in [6.07, 6.45) is 0.293. The number of benzene rings is 1. The van der Waals surface area contributed by atoms with E-state index in [-0.39, 0.29) is 42.7 Å². The first kappa shape index (κ1) is 20.8. The van der Waals surface area contributed by atoms with E-state index in [0.717, 1.165) is 26.2 Å². The number of imide groups is 1. The van der Waals surface area contributed by atoms with Gasteiger partial charge in [-0.1, -0.05) is 0 Å². The molecule has 0 aromatic heterocycles. The minimum absolute atomic E-state index is 0. The Hall–Kier alpha value is -1.54. The predicted octanol–water partition coefficient (Wildman–Crippen LogP) is -8.49. The van der Waals surface area contributed by atoms with E-state index in [4.69, 9.17) is 9.47 Å². The SMILES string of the molecule is C[NH+]1CC[NH+](C2CC(=O)N(c3ccc4c(c3)OCCO4)C2=O)CC1.[Cl-].[Cl-]. The summed E-state index contributed by atoms with van der Waals surface area (Å²) in [4.78, 5) is 29.4. The van der Waals surface area contributed by atoms with Crippen LogP contribution in [0.15, 0.2) is 18.2 Å². The third kappa shape index (κ3) is 3.76. The fourth-order valence-corrected chi connectivity index (χ4v) is 3.74. The van der Waals surface area contributed by atoms with Crippen LogP contribution in [0.5, 0.6) is 11.5 Å². The summed E-state index contributed by atoms with van der Waals surface area (Å²) < 4.78 is 11.1. The lowest BCUT2D eigenvalue weighted by atomic mass is 10.2. The Balaban J connectivity index is 0.00000121. The summed E-state index contributed by atoms with van der Waals surface area (Å²) in [6.45, 7) is 4.95. The van der Waals surface area contributed by atoms with Crippen molar-refractivity contribution in [2.45, 2.75) is 12.5 Å². The molecule has 1 atom stereocenters. The molecule has 9 heteroatoms. The molecule has 3 heterocycles. The molecule has 144 valence electrons. The third-order valence-electron chi connectivity index (χ3n) is 5.17. The van der Waals surface area contributed by atoms with Gasteiger partial charge >= 0.3 is 0 Å². The molecule has 2 saturated heterocycles. The van der Waals surface area contributed by atoms with Crippen LogP contribution in [-0.4, -0.2) is 64.3 Å². The number of piperazine rings is 1. The highest BCUT2D eigenvalue weighted by Gasteiger charge is 2.46. The fourth-order valence-electron chi connectivity index (χ4n) is 3.74. The van der Waals surface area contributed by atoms with E-state index in [2.05, 4.69) is 7.05 Å². The lowest BCUT2D eigenvalue weighted by Gasteiger charge is -2.30. The molecule has 2 amide bonds. The number of ether oxygens (including phenoxy) is 2. The molecule has 0 aliphatic carbocycles. The number of quaternary nitrogens is 2. The van der Waals surface area contributed by atoms with Crippen LogP contribution in [0.1, 0.15) is 6.42 Å². The van der Waals surface area contributed by atoms with E-state index in [0.29, 0.717) is 36.8 Å². The van der Waals surface area contributed by atoms with E-state index >= 15 is 0 Å². The van der Waals surface area contributed by atoms with Crippen LogP contribution in [0.2, 0.25) is 0 Å². The lowest BCUT2D eigenvalue weighted by Crippen LogP contribution is -3.29. The number of hydrogen-bond donors (Lipinski definition) is 2. The summed E-state index contributed by atoms with van der Waals surface area (Å²) in [6, 6.07) is 5.01. The van der Waals surface area contributed by atoms with Crippen molar-refractivity contribution in [2.75, 3.05) is 51.3 Å². The average Bonchev–Trinajstić information content (AvgIpc) is 2.90. The molecule has 2 N–H and O–H groups in total. The predicted molar refractivity (Wildman–Crippen MR) is 85.6 cm³/mol. The van der Waals surface area contributed by atoms with Crippen molar-refractivity contribution in [3.05, 3.63) is 18.2 Å². The Morgan fingerprint density at radius 2 is 1.65 bits per heavy atom. The molecule has 0 saturated carbocycles. The van der Waals surface area contributed by atoms with Gasteiger partial charge in [0, 0.05) is 6.07 Å². The zero-order chi connectivity index (χ0) is 16.7. The van der Waals surface area contributed by atoms with E-state index < -0.39 is 0 Å². The molecular formula is C17H23Cl2N3O4. The number of nitrogens with zero attached hydrogens (tertiary/aromatic N) is 1. The van der Waals surface area contributed by atoms with Crippen LogP contribution in [0.3, 0.4) is 0 Å². The van der Waals surface area contributed by atoms with Crippen molar-refractivity contribution in [1.29, 1.82) is 0 Å². The Morgan fingerprint density at radius 1 is 1.00 bits per heavy atom. The van der Waals surface area contributed by atoms with Gasteiger partial charge in [-0.15, -0.1) is 0 Å². The highest BCUT2D eigenvalue weighted by molar-refractivity contribution is 6.22. The van der Waals surface area contributed by atoms with Crippen molar-refractivity contribution in [1.82, 2.24) is 0 Å². The Kier molecular flexibility index (Phi) is 6.74. The Morgan fingerprint density at radius 3 is 2.35 bits per heavy atom. The van der Waals surface area contributed by atoms with Gasteiger partial charge in [0.15, 0.2) is 17.5 Å². The maximum atomic E-state index is 12.9. The molecule has 2 fully saturated rings. The maximum absolute atomic E-state index is 12.9. The number of nitrogens with one attached hydrogen (secondary N) is 2. The molecule has 0 radical (unpaired) electrons. The number of carbonyl (C=O) groups is 2. The van der Waals surface area contributed by atoms with Crippen LogP contribution in [0.25, 0.3) is 0 Å². The molecule has 1 unspecified atom stereocenters. The van der Waals surface area contributed by atoms with E-state index in [9.17, 15) is 9.59 Å². The van der Waals surface area contributed by atoms with E-state index in [1.54, 1.807) is 18.2 Å². The Bertz CT molecular complexity index is 680. The third-order valence-corrected chi connectivity index (χ3v) is 5.17. The molecule has 3 aliphatic heterocycles. The molecular weight excluding hydrogens is 381 g/mol. The zero-order valence-electron chi connectivity index (χ0n) is 14.6. The molecule has 4 rings (SSSR count). The Labute approximate surface area is 165 Å². The summed E-state index contributed by atoms with van der Waals surface area (Å²) in [5.74, 6) is 1.04. The van der Waals surface area contributed by atoms with E-state index in [1.807, 2.05) is 0 Å². The minimum Gasteiger partial charge on any atom is -1.00 e. The summed E-state index contributed by atoms with van der Waals surface area (Å²) in [7, 11) is 2.17. The van der Waals surface area contributed by atoms with Crippen molar-refractivity contribution in [2.24, 2.45) is 0 Å². The van der Waals surface area contributed by atoms with Gasteiger partial charge < -0.3 is 44.1 Å². The quantitative estimate of drug-likeness (QED) is 0.481. The number of likely N-dealkylation sites (N-methyl/N-ethyl adjacent to an activating group) is 1. The fraction of sp³-hybridized carbons (Fsp3) is 0.529. The van der Waals surface area contributed by atoms with Crippen LogP contribution in [0.4, 0.5) is 5.69 Å². The monoisotopic (exact) mass is 403 g/mol. The largest absolute Gasteiger partial charge is 1.00 e. The van der Waals surface area contributed by atoms with Gasteiger partial charge in [-0.05, 0) is 12.1 Å². The van der Waals surface area contributed by atoms with Crippen LogP contribution in [-0.2, 0) is 9.59 Å². The average molecular weight is 404 g/mol. The van der Waals surface area contributed by atoms with Gasteiger partial charge in [-0.25, -0.2) is 4.90 Å². The van der Waals surface area contributed by atoms with Gasteiger partial charge in [0.1, 0.15) is 39.4 Å². The smallest absolute Gasteiger partial charge is 0.292 e. The molecule has 1 aromatic rings. The van der Waals surface area contributed by atoms with Crippen molar-refractivity contribution >= 4 is 17.5 Å². The topological polar surface area (TPSA) is 64.7 Å². The number of anilines is 1. The molecule has 0 bridgehead atoms. The minimum atomic E-state index is -0.251. The van der Waals surface area contributed by atoms with E-state index in [1.165, 1.54) is 14.7 Å². The second-order valence-corrected chi connectivity index (χ2v) is 6.77. The second-order valence-electron chi connectivity index (χ2n) is 6.77. The summed E-state index contributed by atoms with van der Waals surface area (Å²) >= 11 is 0. The summed E-state index contributed by atoms with van der Waals surface area (Å²) in [5, 5.41) is 0. The van der Waals surface area contributed by atoms with Crippen molar-refractivity contribution < 1.29 is 53.7 Å². The highest BCUT2D eigenvalue weighted by atomic mass is 35.5. The molecule has 0 spiro atoms. The molecule has 1 aromatic carbocycles. The molecule has 7 nitrogen and oxygen atoms in total. The number of carbonyl (C=O) groups excluding carboxylic acids is 2.